The second kappa shape index (κ2) is 12.7. The van der Waals surface area contributed by atoms with Crippen molar-refractivity contribution < 1.29 is 4.74 Å². The Labute approximate surface area is 181 Å². The van der Waals surface area contributed by atoms with Crippen molar-refractivity contribution in [1.29, 1.82) is 0 Å². The Bertz CT molecular complexity index is 540. The predicted octanol–water partition coefficient (Wildman–Crippen LogP) is 8.60. The van der Waals surface area contributed by atoms with Crippen molar-refractivity contribution in [2.24, 2.45) is 23.7 Å². The van der Waals surface area contributed by atoms with Crippen molar-refractivity contribution in [3.8, 4) is 5.75 Å². The summed E-state index contributed by atoms with van der Waals surface area (Å²) in [6, 6.07) is 8.99. The molecule has 0 amide bonds. The summed E-state index contributed by atoms with van der Waals surface area (Å²) in [6.45, 7) is 5.59. The van der Waals surface area contributed by atoms with Gasteiger partial charge >= 0.3 is 0 Å². The maximum atomic E-state index is 6.05. The molecule has 2 aliphatic carbocycles. The lowest BCUT2D eigenvalue weighted by atomic mass is 9.76. The Kier molecular flexibility index (Phi) is 9.91. The Morgan fingerprint density at radius 2 is 1.41 bits per heavy atom. The zero-order valence-electron chi connectivity index (χ0n) is 19.3. The van der Waals surface area contributed by atoms with Gasteiger partial charge in [-0.3, -0.25) is 0 Å². The van der Waals surface area contributed by atoms with E-state index in [9.17, 15) is 0 Å². The van der Waals surface area contributed by atoms with Crippen molar-refractivity contribution in [1.82, 2.24) is 0 Å². The summed E-state index contributed by atoms with van der Waals surface area (Å²) < 4.78 is 6.05. The molecule has 0 radical (unpaired) electrons. The van der Waals surface area contributed by atoms with E-state index >= 15 is 0 Å². The van der Waals surface area contributed by atoms with E-state index in [-0.39, 0.29) is 0 Å². The molecule has 0 N–H and O–H groups in total. The SMILES string of the molecule is CCCC1CCC(CCc2ccc(OCCCC3CCCCC3CC)cc2)CC1. The van der Waals surface area contributed by atoms with Crippen LogP contribution in [0, 0.1) is 23.7 Å². The van der Waals surface area contributed by atoms with E-state index in [1.807, 2.05) is 0 Å². The first-order chi connectivity index (χ1) is 14.3. The fraction of sp³-hybridized carbons (Fsp3) is 0.786. The van der Waals surface area contributed by atoms with Crippen LogP contribution in [0.15, 0.2) is 24.3 Å². The Morgan fingerprint density at radius 3 is 2.07 bits per heavy atom. The summed E-state index contributed by atoms with van der Waals surface area (Å²) in [4.78, 5) is 0. The third-order valence-electron chi connectivity index (χ3n) is 8.01. The van der Waals surface area contributed by atoms with Gasteiger partial charge in [0.25, 0.3) is 0 Å². The van der Waals surface area contributed by atoms with Crippen LogP contribution < -0.4 is 4.74 Å². The Morgan fingerprint density at radius 1 is 0.759 bits per heavy atom. The summed E-state index contributed by atoms with van der Waals surface area (Å²) in [7, 11) is 0. The molecule has 0 aliphatic heterocycles. The highest BCUT2D eigenvalue weighted by molar-refractivity contribution is 5.27. The first-order valence-corrected chi connectivity index (χ1v) is 13.0. The largest absolute Gasteiger partial charge is 0.494 e. The standard InChI is InChI=1S/C28H46O/c1-3-8-23-12-14-24(15-13-23)16-17-25-18-20-28(21-19-25)29-22-7-11-27-10-6-5-9-26(27)4-2/h18-21,23-24,26-27H,3-17,22H2,1-2H3. The van der Waals surface area contributed by atoms with Gasteiger partial charge in [-0.1, -0.05) is 96.6 Å². The maximum Gasteiger partial charge on any atom is 0.119 e. The van der Waals surface area contributed by atoms with Gasteiger partial charge in [0.1, 0.15) is 5.75 Å². The molecule has 0 aromatic heterocycles. The lowest BCUT2D eigenvalue weighted by Gasteiger charge is -2.30. The van der Waals surface area contributed by atoms with Crippen LogP contribution in [-0.4, -0.2) is 6.61 Å². The number of ether oxygens (including phenoxy) is 1. The van der Waals surface area contributed by atoms with Crippen LogP contribution in [0.3, 0.4) is 0 Å². The average molecular weight is 399 g/mol. The molecule has 1 aromatic rings. The third-order valence-corrected chi connectivity index (χ3v) is 8.01. The molecule has 2 atom stereocenters. The zero-order valence-corrected chi connectivity index (χ0v) is 19.3. The van der Waals surface area contributed by atoms with Crippen molar-refractivity contribution in [2.75, 3.05) is 6.61 Å². The molecule has 0 spiro atoms. The number of hydrogen-bond donors (Lipinski definition) is 0. The molecule has 0 bridgehead atoms. The molecule has 2 fully saturated rings. The van der Waals surface area contributed by atoms with Gasteiger partial charge in [-0.15, -0.1) is 0 Å². The number of hydrogen-bond acceptors (Lipinski definition) is 1. The van der Waals surface area contributed by atoms with Gasteiger partial charge in [0.15, 0.2) is 0 Å². The number of aryl methyl sites for hydroxylation is 1. The summed E-state index contributed by atoms with van der Waals surface area (Å²) in [6.07, 6.45) is 21.1. The third kappa shape index (κ3) is 7.65. The summed E-state index contributed by atoms with van der Waals surface area (Å²) in [5.41, 5.74) is 1.49. The second-order valence-electron chi connectivity index (χ2n) is 10.1. The van der Waals surface area contributed by atoms with Gasteiger partial charge < -0.3 is 4.74 Å². The van der Waals surface area contributed by atoms with Gasteiger partial charge in [0, 0.05) is 0 Å². The molecule has 29 heavy (non-hydrogen) atoms. The molecule has 1 aromatic carbocycles. The van der Waals surface area contributed by atoms with Gasteiger partial charge in [-0.25, -0.2) is 0 Å². The van der Waals surface area contributed by atoms with Crippen molar-refractivity contribution in [3.63, 3.8) is 0 Å². The quantitative estimate of drug-likeness (QED) is 0.339. The highest BCUT2D eigenvalue weighted by atomic mass is 16.5. The van der Waals surface area contributed by atoms with Gasteiger partial charge in [0.05, 0.1) is 6.61 Å². The monoisotopic (exact) mass is 398 g/mol. The molecule has 164 valence electrons. The van der Waals surface area contributed by atoms with Gasteiger partial charge in [-0.2, -0.15) is 0 Å². The van der Waals surface area contributed by atoms with E-state index in [0.29, 0.717) is 0 Å². The van der Waals surface area contributed by atoms with Crippen LogP contribution in [-0.2, 0) is 6.42 Å². The molecule has 1 nitrogen and oxygen atoms in total. The minimum absolute atomic E-state index is 0.882. The molecule has 2 unspecified atom stereocenters. The molecule has 0 heterocycles. The normalized spacial score (nSPS) is 27.7. The summed E-state index contributed by atoms with van der Waals surface area (Å²) >= 11 is 0. The zero-order chi connectivity index (χ0) is 20.3. The Balaban J connectivity index is 1.30. The van der Waals surface area contributed by atoms with Gasteiger partial charge in [-0.05, 0) is 67.1 Å². The minimum atomic E-state index is 0.882. The molecule has 3 rings (SSSR count). The first-order valence-electron chi connectivity index (χ1n) is 13.0. The van der Waals surface area contributed by atoms with Gasteiger partial charge in [0.2, 0.25) is 0 Å². The second-order valence-corrected chi connectivity index (χ2v) is 10.1. The van der Waals surface area contributed by atoms with Crippen LogP contribution in [0.4, 0.5) is 0 Å². The smallest absolute Gasteiger partial charge is 0.119 e. The fourth-order valence-electron chi connectivity index (χ4n) is 6.08. The van der Waals surface area contributed by atoms with Crippen LogP contribution in [0.5, 0.6) is 5.75 Å². The van der Waals surface area contributed by atoms with E-state index in [4.69, 9.17) is 4.74 Å². The molecular weight excluding hydrogens is 352 g/mol. The highest BCUT2D eigenvalue weighted by Crippen LogP contribution is 2.35. The molecule has 0 saturated heterocycles. The van der Waals surface area contributed by atoms with Crippen LogP contribution in [0.25, 0.3) is 0 Å². The van der Waals surface area contributed by atoms with E-state index < -0.39 is 0 Å². The predicted molar refractivity (Wildman–Crippen MR) is 126 cm³/mol. The van der Waals surface area contributed by atoms with Crippen LogP contribution in [0.1, 0.15) is 109 Å². The molecule has 2 aliphatic rings. The van der Waals surface area contributed by atoms with Crippen molar-refractivity contribution >= 4 is 0 Å². The van der Waals surface area contributed by atoms with E-state index in [1.54, 1.807) is 0 Å². The first kappa shape index (κ1) is 22.7. The number of benzene rings is 1. The highest BCUT2D eigenvalue weighted by Gasteiger charge is 2.23. The van der Waals surface area contributed by atoms with Crippen LogP contribution >= 0.6 is 0 Å². The average Bonchev–Trinajstić information content (AvgIpc) is 2.77. The summed E-state index contributed by atoms with van der Waals surface area (Å²) in [5.74, 6) is 4.98. The number of rotatable bonds is 11. The lowest BCUT2D eigenvalue weighted by molar-refractivity contribution is 0.199. The minimum Gasteiger partial charge on any atom is -0.494 e. The van der Waals surface area contributed by atoms with Crippen molar-refractivity contribution in [2.45, 2.75) is 110 Å². The molecule has 1 heteroatoms. The molecule has 2 saturated carbocycles. The van der Waals surface area contributed by atoms with E-state index in [1.165, 1.54) is 102 Å². The van der Waals surface area contributed by atoms with Crippen molar-refractivity contribution in [3.05, 3.63) is 29.8 Å². The topological polar surface area (TPSA) is 9.23 Å². The summed E-state index contributed by atoms with van der Waals surface area (Å²) in [5, 5.41) is 0. The van der Waals surface area contributed by atoms with Crippen LogP contribution in [0.2, 0.25) is 0 Å². The fourth-order valence-corrected chi connectivity index (χ4v) is 6.08. The van der Waals surface area contributed by atoms with E-state index in [0.717, 1.165) is 36.0 Å². The van der Waals surface area contributed by atoms with E-state index in [2.05, 4.69) is 38.1 Å². The maximum absolute atomic E-state index is 6.05. The lowest BCUT2D eigenvalue weighted by Crippen LogP contribution is -2.19. The molecular formula is C28H46O. The Hall–Kier alpha value is -0.980.